The van der Waals surface area contributed by atoms with Crippen LogP contribution in [0.5, 0.6) is 0 Å². The fourth-order valence-corrected chi connectivity index (χ4v) is 3.77. The molecule has 10 heteroatoms. The number of imide groups is 1. The Bertz CT molecular complexity index is 1290. The molecule has 0 bridgehead atoms. The van der Waals surface area contributed by atoms with E-state index in [4.69, 9.17) is 4.74 Å². The summed E-state index contributed by atoms with van der Waals surface area (Å²) < 4.78 is 5.15. The van der Waals surface area contributed by atoms with Crippen molar-refractivity contribution in [3.05, 3.63) is 106 Å². The lowest BCUT2D eigenvalue weighted by Crippen LogP contribution is -2.47. The van der Waals surface area contributed by atoms with Crippen molar-refractivity contribution in [3.63, 3.8) is 0 Å². The molecule has 0 aromatic heterocycles. The van der Waals surface area contributed by atoms with E-state index in [1.165, 1.54) is 36.4 Å². The molecule has 35 heavy (non-hydrogen) atoms. The van der Waals surface area contributed by atoms with Gasteiger partial charge in [-0.3, -0.25) is 29.4 Å². The molecule has 0 fully saturated rings. The molecule has 3 amide bonds. The number of hydrogen-bond acceptors (Lipinski definition) is 7. The predicted octanol–water partition coefficient (Wildman–Crippen LogP) is 2.98. The number of para-hydroxylation sites is 2. The number of benzene rings is 3. The predicted molar refractivity (Wildman–Crippen MR) is 124 cm³/mol. The minimum atomic E-state index is -1.32. The zero-order valence-electron chi connectivity index (χ0n) is 18.2. The number of nitro groups is 1. The molecule has 0 spiro atoms. The molecule has 176 valence electrons. The van der Waals surface area contributed by atoms with Crippen molar-refractivity contribution in [1.29, 1.82) is 0 Å². The van der Waals surface area contributed by atoms with Crippen LogP contribution in [-0.2, 0) is 20.7 Å². The van der Waals surface area contributed by atoms with Crippen LogP contribution in [0, 0.1) is 10.1 Å². The number of carbonyl (C=O) groups excluding carboxylic acids is 4. The van der Waals surface area contributed by atoms with Crippen LogP contribution in [-0.4, -0.2) is 46.2 Å². The molecule has 0 unspecified atom stereocenters. The van der Waals surface area contributed by atoms with E-state index in [9.17, 15) is 29.3 Å². The van der Waals surface area contributed by atoms with Crippen LogP contribution in [0.4, 0.5) is 11.4 Å². The molecule has 1 aliphatic rings. The number of anilines is 1. The lowest BCUT2D eigenvalue weighted by atomic mass is 10.0. The first-order valence-corrected chi connectivity index (χ1v) is 10.6. The minimum absolute atomic E-state index is 0.0169. The molecule has 1 N–H and O–H groups in total. The number of amides is 3. The molecule has 0 saturated carbocycles. The van der Waals surface area contributed by atoms with Crippen LogP contribution >= 0.6 is 0 Å². The van der Waals surface area contributed by atoms with Crippen LogP contribution in [0.2, 0.25) is 0 Å². The van der Waals surface area contributed by atoms with Gasteiger partial charge < -0.3 is 10.1 Å². The van der Waals surface area contributed by atoms with Crippen molar-refractivity contribution < 1.29 is 28.8 Å². The van der Waals surface area contributed by atoms with Crippen molar-refractivity contribution in [2.24, 2.45) is 0 Å². The van der Waals surface area contributed by atoms with Crippen molar-refractivity contribution in [3.8, 4) is 0 Å². The van der Waals surface area contributed by atoms with Gasteiger partial charge in [-0.2, -0.15) is 0 Å². The summed E-state index contributed by atoms with van der Waals surface area (Å²) in [6.45, 7) is -0.765. The topological polar surface area (TPSA) is 136 Å². The van der Waals surface area contributed by atoms with Crippen molar-refractivity contribution in [1.82, 2.24) is 4.90 Å². The lowest BCUT2D eigenvalue weighted by molar-refractivity contribution is -0.383. The Balaban J connectivity index is 1.52. The van der Waals surface area contributed by atoms with E-state index in [1.54, 1.807) is 42.5 Å². The van der Waals surface area contributed by atoms with Crippen LogP contribution < -0.4 is 5.32 Å². The number of nitrogens with one attached hydrogen (secondary N) is 1. The Morgan fingerprint density at radius 1 is 0.886 bits per heavy atom. The van der Waals surface area contributed by atoms with Crippen LogP contribution in [0.15, 0.2) is 78.9 Å². The molecule has 1 heterocycles. The van der Waals surface area contributed by atoms with Gasteiger partial charge in [-0.05, 0) is 23.8 Å². The maximum absolute atomic E-state index is 13.1. The summed E-state index contributed by atoms with van der Waals surface area (Å²) in [5.41, 5.74) is 0.658. The smallest absolute Gasteiger partial charge is 0.330 e. The van der Waals surface area contributed by atoms with Gasteiger partial charge in [-0.1, -0.05) is 54.6 Å². The number of fused-ring (bicyclic) bond motifs is 1. The third kappa shape index (κ3) is 4.91. The highest BCUT2D eigenvalue weighted by Gasteiger charge is 2.43. The van der Waals surface area contributed by atoms with Gasteiger partial charge in [0.05, 0.1) is 16.1 Å². The number of nitrogens with zero attached hydrogens (tertiary/aromatic N) is 2. The molecular weight excluding hydrogens is 454 g/mol. The third-order valence-electron chi connectivity index (χ3n) is 5.40. The zero-order valence-corrected chi connectivity index (χ0v) is 18.2. The number of ether oxygens (including phenoxy) is 1. The second-order valence-corrected chi connectivity index (χ2v) is 7.66. The van der Waals surface area contributed by atoms with E-state index < -0.39 is 41.3 Å². The number of rotatable bonds is 8. The zero-order chi connectivity index (χ0) is 24.9. The summed E-state index contributed by atoms with van der Waals surface area (Å²) >= 11 is 0. The van der Waals surface area contributed by atoms with Crippen molar-refractivity contribution in [2.75, 3.05) is 11.9 Å². The van der Waals surface area contributed by atoms with E-state index in [0.29, 0.717) is 5.56 Å². The highest BCUT2D eigenvalue weighted by atomic mass is 16.6. The Morgan fingerprint density at radius 3 is 2.09 bits per heavy atom. The first-order valence-electron chi connectivity index (χ1n) is 10.6. The third-order valence-corrected chi connectivity index (χ3v) is 5.40. The maximum atomic E-state index is 13.1. The van der Waals surface area contributed by atoms with E-state index in [-0.39, 0.29) is 28.9 Å². The van der Waals surface area contributed by atoms with Gasteiger partial charge in [-0.15, -0.1) is 0 Å². The highest BCUT2D eigenvalue weighted by Crippen LogP contribution is 2.27. The summed E-state index contributed by atoms with van der Waals surface area (Å²) in [6, 6.07) is 19.2. The summed E-state index contributed by atoms with van der Waals surface area (Å²) in [6.07, 6.45) is -0.0169. The minimum Gasteiger partial charge on any atom is -0.454 e. The van der Waals surface area contributed by atoms with Crippen molar-refractivity contribution >= 4 is 35.1 Å². The van der Waals surface area contributed by atoms with E-state index in [1.807, 2.05) is 0 Å². The standard InChI is InChI=1S/C25H19N3O7/c29-22(26-19-12-6-7-13-20(19)28(33)34)15-35-25(32)21(14-16-8-2-1-3-9-16)27-23(30)17-10-4-5-11-18(17)24(27)31/h1-13,21H,14-15H2,(H,26,29)/t21-/m1/s1. The summed E-state index contributed by atoms with van der Waals surface area (Å²) in [4.78, 5) is 62.7. The molecule has 0 aliphatic carbocycles. The average molecular weight is 473 g/mol. The molecule has 4 rings (SSSR count). The maximum Gasteiger partial charge on any atom is 0.330 e. The molecular formula is C25H19N3O7. The largest absolute Gasteiger partial charge is 0.454 e. The summed E-state index contributed by atoms with van der Waals surface area (Å²) in [7, 11) is 0. The van der Waals surface area contributed by atoms with Crippen LogP contribution in [0.25, 0.3) is 0 Å². The van der Waals surface area contributed by atoms with E-state index in [2.05, 4.69) is 5.32 Å². The van der Waals surface area contributed by atoms with Gasteiger partial charge in [0.25, 0.3) is 23.4 Å². The lowest BCUT2D eigenvalue weighted by Gasteiger charge is -2.24. The molecule has 0 radical (unpaired) electrons. The van der Waals surface area contributed by atoms with Gasteiger partial charge in [-0.25, -0.2) is 4.79 Å². The molecule has 3 aromatic rings. The van der Waals surface area contributed by atoms with Crippen molar-refractivity contribution in [2.45, 2.75) is 12.5 Å². The monoisotopic (exact) mass is 473 g/mol. The fourth-order valence-electron chi connectivity index (χ4n) is 3.77. The molecule has 0 saturated heterocycles. The fraction of sp³-hybridized carbons (Fsp3) is 0.120. The second-order valence-electron chi connectivity index (χ2n) is 7.66. The van der Waals surface area contributed by atoms with Crippen LogP contribution in [0.1, 0.15) is 26.3 Å². The number of hydrogen-bond donors (Lipinski definition) is 1. The Labute approximate surface area is 199 Å². The normalized spacial score (nSPS) is 13.2. The first-order chi connectivity index (χ1) is 16.9. The Hall–Kier alpha value is -4.86. The van der Waals surface area contributed by atoms with Gasteiger partial charge >= 0.3 is 5.97 Å². The number of carbonyl (C=O) groups is 4. The molecule has 1 atom stereocenters. The number of nitro benzene ring substituents is 1. The first kappa shape index (κ1) is 23.3. The molecule has 1 aliphatic heterocycles. The van der Waals surface area contributed by atoms with Gasteiger partial charge in [0.2, 0.25) is 0 Å². The van der Waals surface area contributed by atoms with Gasteiger partial charge in [0.15, 0.2) is 6.61 Å². The van der Waals surface area contributed by atoms with E-state index in [0.717, 1.165) is 4.90 Å². The molecule has 10 nitrogen and oxygen atoms in total. The van der Waals surface area contributed by atoms with Gasteiger partial charge in [0.1, 0.15) is 11.7 Å². The highest BCUT2D eigenvalue weighted by molar-refractivity contribution is 6.22. The van der Waals surface area contributed by atoms with E-state index >= 15 is 0 Å². The summed E-state index contributed by atoms with van der Waals surface area (Å²) in [5.74, 6) is -3.03. The average Bonchev–Trinajstić information content (AvgIpc) is 3.12. The summed E-state index contributed by atoms with van der Waals surface area (Å²) in [5, 5.41) is 13.5. The quantitative estimate of drug-likeness (QED) is 0.230. The molecule has 3 aromatic carbocycles. The SMILES string of the molecule is O=C(COC(=O)[C@@H](Cc1ccccc1)N1C(=O)c2ccccc2C1=O)Nc1ccccc1[N+](=O)[O-]. The number of esters is 1. The Kier molecular flexibility index (Phi) is 6.63. The van der Waals surface area contributed by atoms with Gasteiger partial charge in [0, 0.05) is 12.5 Å². The second kappa shape index (κ2) is 9.96. The Morgan fingerprint density at radius 2 is 1.46 bits per heavy atom. The van der Waals surface area contributed by atoms with Crippen LogP contribution in [0.3, 0.4) is 0 Å².